The topological polar surface area (TPSA) is 90.2 Å². The van der Waals surface area contributed by atoms with Crippen molar-refractivity contribution in [3.8, 4) is 6.07 Å². The first-order chi connectivity index (χ1) is 8.02. The SMILES string of the molecule is Cc1cc(NC(=O)CC#N)ccc1CC(=O)O. The molecule has 1 amide bonds. The lowest BCUT2D eigenvalue weighted by atomic mass is 10.1. The summed E-state index contributed by atoms with van der Waals surface area (Å²) in [6.07, 6.45) is -0.242. The lowest BCUT2D eigenvalue weighted by Gasteiger charge is -2.07. The average molecular weight is 232 g/mol. The van der Waals surface area contributed by atoms with Gasteiger partial charge in [-0.3, -0.25) is 9.59 Å². The molecule has 0 unspecified atom stereocenters. The van der Waals surface area contributed by atoms with E-state index < -0.39 is 5.97 Å². The first kappa shape index (κ1) is 12.7. The van der Waals surface area contributed by atoms with Gasteiger partial charge in [-0.1, -0.05) is 6.07 Å². The van der Waals surface area contributed by atoms with E-state index in [1.165, 1.54) is 0 Å². The number of aliphatic carboxylic acids is 1. The highest BCUT2D eigenvalue weighted by atomic mass is 16.4. The molecular formula is C12H12N2O3. The number of hydrogen-bond acceptors (Lipinski definition) is 3. The van der Waals surface area contributed by atoms with Crippen LogP contribution in [0.25, 0.3) is 0 Å². The summed E-state index contributed by atoms with van der Waals surface area (Å²) in [5.41, 5.74) is 2.06. The maximum atomic E-state index is 11.2. The summed E-state index contributed by atoms with van der Waals surface area (Å²) in [5.74, 6) is -1.27. The van der Waals surface area contributed by atoms with Crippen LogP contribution in [0, 0.1) is 18.3 Å². The van der Waals surface area contributed by atoms with Crippen molar-refractivity contribution in [1.29, 1.82) is 5.26 Å². The van der Waals surface area contributed by atoms with Gasteiger partial charge in [0.15, 0.2) is 0 Å². The van der Waals surface area contributed by atoms with Crippen molar-refractivity contribution in [2.75, 3.05) is 5.32 Å². The number of amides is 1. The number of nitriles is 1. The smallest absolute Gasteiger partial charge is 0.307 e. The third-order valence-electron chi connectivity index (χ3n) is 2.21. The van der Waals surface area contributed by atoms with Gasteiger partial charge in [-0.15, -0.1) is 0 Å². The van der Waals surface area contributed by atoms with Crippen LogP contribution in [0.2, 0.25) is 0 Å². The van der Waals surface area contributed by atoms with Crippen LogP contribution in [0.1, 0.15) is 17.5 Å². The van der Waals surface area contributed by atoms with Crippen LogP contribution in [0.4, 0.5) is 5.69 Å². The number of hydrogen-bond donors (Lipinski definition) is 2. The summed E-state index contributed by atoms with van der Waals surface area (Å²) < 4.78 is 0. The van der Waals surface area contributed by atoms with Gasteiger partial charge < -0.3 is 10.4 Å². The molecule has 0 fully saturated rings. The fourth-order valence-electron chi connectivity index (χ4n) is 1.41. The Labute approximate surface area is 98.7 Å². The van der Waals surface area contributed by atoms with Crippen molar-refractivity contribution in [1.82, 2.24) is 0 Å². The van der Waals surface area contributed by atoms with Crippen molar-refractivity contribution in [2.24, 2.45) is 0 Å². The van der Waals surface area contributed by atoms with Gasteiger partial charge in [0.1, 0.15) is 6.42 Å². The van der Waals surface area contributed by atoms with Gasteiger partial charge in [0.2, 0.25) is 5.91 Å². The molecule has 0 heterocycles. The standard InChI is InChI=1S/C12H12N2O3/c1-8-6-10(14-11(15)4-5-13)3-2-9(8)7-12(16)17/h2-3,6H,4,7H2,1H3,(H,14,15)(H,16,17). The molecular weight excluding hydrogens is 220 g/mol. The Bertz CT molecular complexity index is 489. The molecule has 1 rings (SSSR count). The normalized spacial score (nSPS) is 9.41. The Morgan fingerprint density at radius 3 is 2.71 bits per heavy atom. The number of carbonyl (C=O) groups excluding carboxylic acids is 1. The van der Waals surface area contributed by atoms with Gasteiger partial charge in [0.25, 0.3) is 0 Å². The monoisotopic (exact) mass is 232 g/mol. The fourth-order valence-corrected chi connectivity index (χ4v) is 1.41. The average Bonchev–Trinajstić information content (AvgIpc) is 2.22. The molecule has 0 aliphatic carbocycles. The van der Waals surface area contributed by atoms with E-state index in [1.807, 2.05) is 0 Å². The van der Waals surface area contributed by atoms with Gasteiger partial charge in [0, 0.05) is 5.69 Å². The predicted molar refractivity (Wildman–Crippen MR) is 61.4 cm³/mol. The molecule has 2 N–H and O–H groups in total. The van der Waals surface area contributed by atoms with E-state index >= 15 is 0 Å². The summed E-state index contributed by atoms with van der Waals surface area (Å²) in [4.78, 5) is 21.7. The Balaban J connectivity index is 2.79. The van der Waals surface area contributed by atoms with Crippen LogP contribution in [-0.4, -0.2) is 17.0 Å². The van der Waals surface area contributed by atoms with Crippen LogP contribution in [-0.2, 0) is 16.0 Å². The molecule has 0 saturated heterocycles. The molecule has 5 heteroatoms. The van der Waals surface area contributed by atoms with Gasteiger partial charge in [0.05, 0.1) is 12.5 Å². The first-order valence-corrected chi connectivity index (χ1v) is 5.01. The lowest BCUT2D eigenvalue weighted by molar-refractivity contribution is -0.136. The second kappa shape index (κ2) is 5.66. The van der Waals surface area contributed by atoms with Gasteiger partial charge in [-0.25, -0.2) is 0 Å². The minimum atomic E-state index is -0.894. The minimum Gasteiger partial charge on any atom is -0.481 e. The fraction of sp³-hybridized carbons (Fsp3) is 0.250. The zero-order chi connectivity index (χ0) is 12.8. The molecule has 0 atom stereocenters. The third-order valence-corrected chi connectivity index (χ3v) is 2.21. The minimum absolute atomic E-state index is 0.0434. The maximum Gasteiger partial charge on any atom is 0.307 e. The molecule has 0 saturated carbocycles. The number of aryl methyl sites for hydroxylation is 1. The summed E-state index contributed by atoms with van der Waals surface area (Å²) in [5, 5.41) is 19.6. The predicted octanol–water partition coefficient (Wildman–Crippen LogP) is 1.47. The Morgan fingerprint density at radius 1 is 1.47 bits per heavy atom. The zero-order valence-electron chi connectivity index (χ0n) is 9.36. The van der Waals surface area contributed by atoms with Crippen LogP contribution in [0.3, 0.4) is 0 Å². The summed E-state index contributed by atoms with van der Waals surface area (Å²) in [7, 11) is 0. The van der Waals surface area contributed by atoms with E-state index in [-0.39, 0.29) is 18.7 Å². The van der Waals surface area contributed by atoms with E-state index in [2.05, 4.69) is 5.32 Å². The molecule has 0 aliphatic heterocycles. The largest absolute Gasteiger partial charge is 0.481 e. The number of nitrogens with one attached hydrogen (secondary N) is 1. The Hall–Kier alpha value is -2.35. The van der Waals surface area contributed by atoms with E-state index in [0.717, 1.165) is 5.56 Å². The number of nitrogens with zero attached hydrogens (tertiary/aromatic N) is 1. The van der Waals surface area contributed by atoms with Crippen molar-refractivity contribution in [3.63, 3.8) is 0 Å². The van der Waals surface area contributed by atoms with Gasteiger partial charge in [-0.05, 0) is 30.2 Å². The molecule has 0 aromatic heterocycles. The summed E-state index contributed by atoms with van der Waals surface area (Å²) in [6.45, 7) is 1.78. The van der Waals surface area contributed by atoms with Crippen LogP contribution in [0.15, 0.2) is 18.2 Å². The maximum absolute atomic E-state index is 11.2. The lowest BCUT2D eigenvalue weighted by Crippen LogP contribution is -2.10. The van der Waals surface area contributed by atoms with E-state index in [0.29, 0.717) is 11.3 Å². The molecule has 0 aliphatic rings. The van der Waals surface area contributed by atoms with E-state index in [9.17, 15) is 9.59 Å². The number of carbonyl (C=O) groups is 2. The zero-order valence-corrected chi connectivity index (χ0v) is 9.36. The van der Waals surface area contributed by atoms with Crippen molar-refractivity contribution >= 4 is 17.6 Å². The first-order valence-electron chi connectivity index (χ1n) is 5.01. The number of carboxylic acids is 1. The van der Waals surface area contributed by atoms with E-state index in [1.54, 1.807) is 31.2 Å². The molecule has 17 heavy (non-hydrogen) atoms. The third kappa shape index (κ3) is 3.95. The van der Waals surface area contributed by atoms with Crippen LogP contribution in [0.5, 0.6) is 0 Å². The van der Waals surface area contributed by atoms with Crippen LogP contribution >= 0.6 is 0 Å². The number of anilines is 1. The molecule has 1 aromatic carbocycles. The van der Waals surface area contributed by atoms with Crippen molar-refractivity contribution < 1.29 is 14.7 Å². The molecule has 0 radical (unpaired) electrons. The van der Waals surface area contributed by atoms with E-state index in [4.69, 9.17) is 10.4 Å². The molecule has 88 valence electrons. The van der Waals surface area contributed by atoms with Gasteiger partial charge >= 0.3 is 5.97 Å². The molecule has 5 nitrogen and oxygen atoms in total. The van der Waals surface area contributed by atoms with Crippen molar-refractivity contribution in [3.05, 3.63) is 29.3 Å². The second-order valence-electron chi connectivity index (χ2n) is 3.59. The number of benzene rings is 1. The van der Waals surface area contributed by atoms with Crippen molar-refractivity contribution in [2.45, 2.75) is 19.8 Å². The molecule has 1 aromatic rings. The quantitative estimate of drug-likeness (QED) is 0.822. The second-order valence-corrected chi connectivity index (χ2v) is 3.59. The molecule has 0 bridgehead atoms. The highest BCUT2D eigenvalue weighted by molar-refractivity contribution is 5.92. The van der Waals surface area contributed by atoms with Crippen LogP contribution < -0.4 is 5.32 Å². The summed E-state index contributed by atoms with van der Waals surface area (Å²) >= 11 is 0. The van der Waals surface area contributed by atoms with Gasteiger partial charge in [-0.2, -0.15) is 5.26 Å². The Kier molecular flexibility index (Phi) is 4.23. The summed E-state index contributed by atoms with van der Waals surface area (Å²) in [6, 6.07) is 6.72. The highest BCUT2D eigenvalue weighted by Gasteiger charge is 2.06. The number of rotatable bonds is 4. The molecule has 0 spiro atoms. The highest BCUT2D eigenvalue weighted by Crippen LogP contribution is 2.16. The number of carboxylic acid groups (broad SMARTS) is 1. The Morgan fingerprint density at radius 2 is 2.18 bits per heavy atom.